The number of carboxylic acids is 1. The second-order valence-corrected chi connectivity index (χ2v) is 8.85. The van der Waals surface area contributed by atoms with E-state index in [4.69, 9.17) is 14.0 Å². The molecule has 4 nitrogen and oxygen atoms in total. The lowest BCUT2D eigenvalue weighted by Gasteiger charge is -2.22. The van der Waals surface area contributed by atoms with Gasteiger partial charge in [0.25, 0.3) is 0 Å². The first kappa shape index (κ1) is 18.6. The third kappa shape index (κ3) is 11.2. The van der Waals surface area contributed by atoms with E-state index in [0.29, 0.717) is 6.42 Å². The van der Waals surface area contributed by atoms with Crippen LogP contribution in [0.25, 0.3) is 0 Å². The number of carboxylic acid groups (broad SMARTS) is 1. The number of rotatable bonds is 13. The molecule has 0 aliphatic rings. The fraction of sp³-hybridized carbons (Fsp3) is 0.929. The molecule has 114 valence electrons. The van der Waals surface area contributed by atoms with Crippen LogP contribution in [0.5, 0.6) is 0 Å². The third-order valence-electron chi connectivity index (χ3n) is 3.64. The number of aliphatic carboxylic acids is 1. The molecule has 0 amide bonds. The molecule has 0 radical (unpaired) electrons. The lowest BCUT2D eigenvalue weighted by atomic mass is 10.1. The first-order valence-electron chi connectivity index (χ1n) is 7.36. The van der Waals surface area contributed by atoms with Gasteiger partial charge >= 0.3 is 14.5 Å². The van der Waals surface area contributed by atoms with E-state index in [1.807, 2.05) is 0 Å². The van der Waals surface area contributed by atoms with E-state index in [2.05, 4.69) is 6.55 Å². The molecule has 0 heterocycles. The summed E-state index contributed by atoms with van der Waals surface area (Å²) in [6.07, 6.45) is 9.51. The highest BCUT2D eigenvalue weighted by molar-refractivity contribution is 6.65. The molecule has 5 heteroatoms. The topological polar surface area (TPSA) is 55.8 Å². The summed E-state index contributed by atoms with van der Waals surface area (Å²) in [6, 6.07) is 1.07. The fourth-order valence-corrected chi connectivity index (χ4v) is 3.54. The number of carbonyl (C=O) groups is 1. The lowest BCUT2D eigenvalue weighted by Crippen LogP contribution is -2.35. The van der Waals surface area contributed by atoms with E-state index in [9.17, 15) is 4.79 Å². The zero-order valence-electron chi connectivity index (χ0n) is 12.7. The summed E-state index contributed by atoms with van der Waals surface area (Å²) in [5, 5.41) is 8.50. The summed E-state index contributed by atoms with van der Waals surface area (Å²) in [4.78, 5) is 10.3. The maximum atomic E-state index is 10.3. The van der Waals surface area contributed by atoms with Crippen LogP contribution in [0, 0.1) is 0 Å². The normalized spacial score (nSPS) is 11.7. The van der Waals surface area contributed by atoms with Crippen LogP contribution in [0.2, 0.25) is 12.6 Å². The highest BCUT2D eigenvalue weighted by Crippen LogP contribution is 2.17. The van der Waals surface area contributed by atoms with Crippen molar-refractivity contribution in [1.29, 1.82) is 0 Å². The van der Waals surface area contributed by atoms with Crippen molar-refractivity contribution < 1.29 is 18.8 Å². The van der Waals surface area contributed by atoms with Crippen LogP contribution < -0.4 is 0 Å². The quantitative estimate of drug-likeness (QED) is 0.412. The molecule has 0 aromatic rings. The van der Waals surface area contributed by atoms with Crippen molar-refractivity contribution in [3.05, 3.63) is 0 Å². The minimum Gasteiger partial charge on any atom is -0.481 e. The van der Waals surface area contributed by atoms with Crippen molar-refractivity contribution in [3.8, 4) is 0 Å². The summed E-state index contributed by atoms with van der Waals surface area (Å²) in [7, 11) is 1.64. The van der Waals surface area contributed by atoms with Crippen LogP contribution in [0.4, 0.5) is 0 Å². The van der Waals surface area contributed by atoms with E-state index in [1.165, 1.54) is 32.1 Å². The Kier molecular flexibility index (Phi) is 11.2. The zero-order valence-corrected chi connectivity index (χ0v) is 13.7. The Bertz CT molecular complexity index is 229. The van der Waals surface area contributed by atoms with E-state index in [0.717, 1.165) is 25.3 Å². The fourth-order valence-electron chi connectivity index (χ4n) is 2.07. The molecule has 0 aromatic heterocycles. The van der Waals surface area contributed by atoms with Gasteiger partial charge in [0.1, 0.15) is 0 Å². The second-order valence-electron chi connectivity index (χ2n) is 5.26. The van der Waals surface area contributed by atoms with Crippen LogP contribution in [0.1, 0.15) is 57.8 Å². The Balaban J connectivity index is 3.25. The lowest BCUT2D eigenvalue weighted by molar-refractivity contribution is -0.137. The maximum absolute atomic E-state index is 10.3. The van der Waals surface area contributed by atoms with Gasteiger partial charge in [-0.3, -0.25) is 4.79 Å². The van der Waals surface area contributed by atoms with Gasteiger partial charge in [-0.15, -0.1) is 0 Å². The third-order valence-corrected chi connectivity index (χ3v) is 6.62. The molecule has 0 unspecified atom stereocenters. The van der Waals surface area contributed by atoms with Gasteiger partial charge in [-0.05, 0) is 19.0 Å². The van der Waals surface area contributed by atoms with E-state index >= 15 is 0 Å². The molecule has 0 aliphatic carbocycles. The van der Waals surface area contributed by atoms with Crippen LogP contribution in [-0.4, -0.2) is 33.9 Å². The Morgan fingerprint density at radius 1 is 0.895 bits per heavy atom. The molecular weight excluding hydrogens is 260 g/mol. The minimum absolute atomic E-state index is 0.317. The second kappa shape index (κ2) is 11.4. The van der Waals surface area contributed by atoms with Gasteiger partial charge in [0, 0.05) is 20.6 Å². The van der Waals surface area contributed by atoms with Crippen LogP contribution >= 0.6 is 0 Å². The van der Waals surface area contributed by atoms with Gasteiger partial charge in [-0.2, -0.15) is 0 Å². The highest BCUT2D eigenvalue weighted by Gasteiger charge is 2.27. The number of hydrogen-bond donors (Lipinski definition) is 1. The van der Waals surface area contributed by atoms with Crippen LogP contribution in [0.3, 0.4) is 0 Å². The molecule has 0 aliphatic heterocycles. The molecule has 0 rings (SSSR count). The summed E-state index contributed by atoms with van der Waals surface area (Å²) in [5.41, 5.74) is 0. The Hall–Kier alpha value is -0.393. The molecule has 0 saturated heterocycles. The number of unbranched alkanes of at least 4 members (excludes halogenated alkanes) is 7. The molecule has 0 saturated carbocycles. The van der Waals surface area contributed by atoms with Crippen molar-refractivity contribution in [2.75, 3.05) is 14.2 Å². The predicted octanol–water partition coefficient (Wildman–Crippen LogP) is 3.95. The van der Waals surface area contributed by atoms with Crippen LogP contribution in [-0.2, 0) is 13.6 Å². The first-order valence-corrected chi connectivity index (χ1v) is 9.88. The minimum atomic E-state index is -1.85. The smallest absolute Gasteiger partial charge is 0.334 e. The largest absolute Gasteiger partial charge is 0.481 e. The number of hydrogen-bond acceptors (Lipinski definition) is 3. The van der Waals surface area contributed by atoms with Gasteiger partial charge in [0.05, 0.1) is 0 Å². The molecule has 1 N–H and O–H groups in total. The average molecular weight is 290 g/mol. The Labute approximate surface area is 118 Å². The first-order chi connectivity index (χ1) is 9.04. The molecule has 0 bridgehead atoms. The summed E-state index contributed by atoms with van der Waals surface area (Å²) in [6.45, 7) is 2.11. The molecule has 0 spiro atoms. The van der Waals surface area contributed by atoms with Crippen molar-refractivity contribution in [2.24, 2.45) is 0 Å². The van der Waals surface area contributed by atoms with E-state index < -0.39 is 14.5 Å². The highest BCUT2D eigenvalue weighted by atomic mass is 28.4. The Morgan fingerprint density at radius 3 is 1.74 bits per heavy atom. The molecular formula is C14H30O4Si. The van der Waals surface area contributed by atoms with E-state index in [-0.39, 0.29) is 0 Å². The zero-order chi connectivity index (χ0) is 14.6. The average Bonchev–Trinajstić information content (AvgIpc) is 2.40. The maximum Gasteiger partial charge on any atom is 0.334 e. The van der Waals surface area contributed by atoms with E-state index in [1.54, 1.807) is 14.2 Å². The summed E-state index contributed by atoms with van der Waals surface area (Å²) < 4.78 is 10.9. The van der Waals surface area contributed by atoms with Crippen molar-refractivity contribution in [2.45, 2.75) is 70.4 Å². The van der Waals surface area contributed by atoms with Crippen molar-refractivity contribution in [3.63, 3.8) is 0 Å². The summed E-state index contributed by atoms with van der Waals surface area (Å²) >= 11 is 0. The standard InChI is InChI=1S/C14H30O4Si/c1-17-19(3,18-2)13-11-9-7-5-4-6-8-10-12-14(15)16/h4-13H2,1-3H3,(H,15,16). The molecule has 0 atom stereocenters. The predicted molar refractivity (Wildman–Crippen MR) is 79.6 cm³/mol. The molecule has 19 heavy (non-hydrogen) atoms. The van der Waals surface area contributed by atoms with Gasteiger partial charge < -0.3 is 14.0 Å². The monoisotopic (exact) mass is 290 g/mol. The summed E-state index contributed by atoms with van der Waals surface area (Å²) in [5.74, 6) is -0.677. The van der Waals surface area contributed by atoms with Crippen molar-refractivity contribution in [1.82, 2.24) is 0 Å². The van der Waals surface area contributed by atoms with Gasteiger partial charge in [-0.25, -0.2) is 0 Å². The van der Waals surface area contributed by atoms with Gasteiger partial charge in [0.2, 0.25) is 0 Å². The van der Waals surface area contributed by atoms with Gasteiger partial charge in [-0.1, -0.05) is 44.9 Å². The molecule has 0 fully saturated rings. The SMILES string of the molecule is CO[Si](C)(CCCCCCCCCCC(=O)O)OC. The van der Waals surface area contributed by atoms with Crippen LogP contribution in [0.15, 0.2) is 0 Å². The Morgan fingerprint density at radius 2 is 1.32 bits per heavy atom. The molecule has 0 aromatic carbocycles. The van der Waals surface area contributed by atoms with Gasteiger partial charge in [0.15, 0.2) is 0 Å². The van der Waals surface area contributed by atoms with Crippen molar-refractivity contribution >= 4 is 14.5 Å².